The second-order valence-electron chi connectivity index (χ2n) is 8.01. The summed E-state index contributed by atoms with van der Waals surface area (Å²) in [5.74, 6) is 1.95. The molecule has 31 heavy (non-hydrogen) atoms. The van der Waals surface area contributed by atoms with Gasteiger partial charge in [-0.2, -0.15) is 4.98 Å². The van der Waals surface area contributed by atoms with Crippen molar-refractivity contribution in [1.29, 1.82) is 0 Å². The van der Waals surface area contributed by atoms with Crippen LogP contribution in [0.2, 0.25) is 0 Å². The zero-order valence-corrected chi connectivity index (χ0v) is 17.8. The SMILES string of the molecule is Cc1cccc(C)c1N1Cc2cnc3nc2N(CCCCOc2cccc(c2)N3)C1=O. The maximum atomic E-state index is 13.6. The summed E-state index contributed by atoms with van der Waals surface area (Å²) in [6.07, 6.45) is 3.49. The summed E-state index contributed by atoms with van der Waals surface area (Å²) >= 11 is 0. The molecule has 0 radical (unpaired) electrons. The van der Waals surface area contributed by atoms with Crippen molar-refractivity contribution in [2.75, 3.05) is 28.3 Å². The first kappa shape index (κ1) is 19.4. The first-order chi connectivity index (χ1) is 15.1. The smallest absolute Gasteiger partial charge is 0.330 e. The number of amides is 2. The number of fused-ring (bicyclic) bond motifs is 3. The fourth-order valence-corrected chi connectivity index (χ4v) is 4.24. The predicted octanol–water partition coefficient (Wildman–Crippen LogP) is 4.96. The van der Waals surface area contributed by atoms with E-state index >= 15 is 0 Å². The van der Waals surface area contributed by atoms with Crippen LogP contribution in [0.1, 0.15) is 29.5 Å². The van der Waals surface area contributed by atoms with Crippen molar-refractivity contribution in [3.63, 3.8) is 0 Å². The molecule has 4 bridgehead atoms. The van der Waals surface area contributed by atoms with E-state index in [1.807, 2.05) is 67.4 Å². The normalized spacial score (nSPS) is 15.9. The van der Waals surface area contributed by atoms with Gasteiger partial charge in [-0.05, 0) is 49.9 Å². The molecular formula is C24H25N5O2. The fraction of sp³-hybridized carbons (Fsp3) is 0.292. The van der Waals surface area contributed by atoms with Gasteiger partial charge in [-0.1, -0.05) is 24.3 Å². The number of aryl methyl sites for hydroxylation is 2. The third kappa shape index (κ3) is 3.67. The van der Waals surface area contributed by atoms with E-state index in [4.69, 9.17) is 9.72 Å². The molecule has 7 nitrogen and oxygen atoms in total. The van der Waals surface area contributed by atoms with Crippen molar-refractivity contribution in [3.05, 3.63) is 65.4 Å². The van der Waals surface area contributed by atoms with Gasteiger partial charge in [0.2, 0.25) is 5.95 Å². The monoisotopic (exact) mass is 415 g/mol. The van der Waals surface area contributed by atoms with Gasteiger partial charge in [0.05, 0.1) is 18.8 Å². The molecule has 2 aliphatic rings. The van der Waals surface area contributed by atoms with E-state index in [9.17, 15) is 4.79 Å². The third-order valence-electron chi connectivity index (χ3n) is 5.73. The molecule has 3 aromatic rings. The molecule has 3 heterocycles. The molecule has 7 heteroatoms. The summed E-state index contributed by atoms with van der Waals surface area (Å²) in [6.45, 7) is 5.71. The Hall–Kier alpha value is -3.61. The quantitative estimate of drug-likeness (QED) is 0.609. The van der Waals surface area contributed by atoms with Crippen LogP contribution in [0.4, 0.5) is 27.9 Å². The van der Waals surface area contributed by atoms with E-state index in [-0.39, 0.29) is 6.03 Å². The first-order valence-electron chi connectivity index (χ1n) is 10.6. The van der Waals surface area contributed by atoms with Gasteiger partial charge in [0.25, 0.3) is 0 Å². The van der Waals surface area contributed by atoms with Crippen molar-refractivity contribution in [2.24, 2.45) is 0 Å². The average molecular weight is 415 g/mol. The zero-order valence-electron chi connectivity index (χ0n) is 17.8. The van der Waals surface area contributed by atoms with E-state index in [0.29, 0.717) is 31.5 Å². The number of carbonyl (C=O) groups excluding carboxylic acids is 1. The lowest BCUT2D eigenvalue weighted by Gasteiger charge is -2.37. The van der Waals surface area contributed by atoms with E-state index in [0.717, 1.165) is 46.7 Å². The van der Waals surface area contributed by atoms with E-state index in [1.54, 1.807) is 4.90 Å². The lowest BCUT2D eigenvalue weighted by atomic mass is 10.1. The first-order valence-corrected chi connectivity index (χ1v) is 10.6. The zero-order chi connectivity index (χ0) is 21.4. The molecule has 2 aliphatic heterocycles. The van der Waals surface area contributed by atoms with Crippen LogP contribution in [0.5, 0.6) is 5.75 Å². The summed E-state index contributed by atoms with van der Waals surface area (Å²) in [7, 11) is 0. The van der Waals surface area contributed by atoms with Crippen molar-refractivity contribution >= 4 is 29.2 Å². The van der Waals surface area contributed by atoms with E-state index < -0.39 is 0 Å². The highest BCUT2D eigenvalue weighted by molar-refractivity contribution is 6.06. The Balaban J connectivity index is 1.56. The standard InChI is InChI=1S/C24H25N5O2/c1-16-7-5-8-17(2)21(16)29-15-18-14-25-23-26-19-9-6-10-20(13-19)31-12-4-3-11-28(24(29)30)22(18)27-23/h5-10,13-14H,3-4,11-12,15H2,1-2H3,(H,25,26,27). The minimum absolute atomic E-state index is 0.0501. The molecule has 0 saturated carbocycles. The van der Waals surface area contributed by atoms with Crippen LogP contribution in [-0.4, -0.2) is 29.2 Å². The number of nitrogens with one attached hydrogen (secondary N) is 1. The van der Waals surface area contributed by atoms with Crippen molar-refractivity contribution in [3.8, 4) is 5.75 Å². The molecule has 0 unspecified atom stereocenters. The highest BCUT2D eigenvalue weighted by Gasteiger charge is 2.34. The van der Waals surface area contributed by atoms with Crippen LogP contribution in [-0.2, 0) is 6.54 Å². The number of nitrogens with zero attached hydrogens (tertiary/aromatic N) is 4. The van der Waals surface area contributed by atoms with Crippen LogP contribution in [0, 0.1) is 13.8 Å². The Kier molecular flexibility index (Phi) is 4.94. The Labute approximate surface area is 181 Å². The summed E-state index contributed by atoms with van der Waals surface area (Å²) in [5.41, 5.74) is 4.90. The highest BCUT2D eigenvalue weighted by atomic mass is 16.5. The van der Waals surface area contributed by atoms with Crippen LogP contribution < -0.4 is 19.9 Å². The molecule has 0 fully saturated rings. The second-order valence-corrected chi connectivity index (χ2v) is 8.01. The Bertz CT molecular complexity index is 1130. The largest absolute Gasteiger partial charge is 0.494 e. The van der Waals surface area contributed by atoms with Gasteiger partial charge in [0, 0.05) is 30.1 Å². The lowest BCUT2D eigenvalue weighted by Crippen LogP contribution is -2.49. The van der Waals surface area contributed by atoms with Gasteiger partial charge in [0.1, 0.15) is 11.6 Å². The third-order valence-corrected chi connectivity index (χ3v) is 5.73. The number of aromatic nitrogens is 2. The number of benzene rings is 2. The highest BCUT2D eigenvalue weighted by Crippen LogP contribution is 2.35. The summed E-state index contributed by atoms with van der Waals surface area (Å²) in [5, 5.41) is 3.24. The Morgan fingerprint density at radius 1 is 1.03 bits per heavy atom. The van der Waals surface area contributed by atoms with Gasteiger partial charge in [0.15, 0.2) is 0 Å². The predicted molar refractivity (Wildman–Crippen MR) is 121 cm³/mol. The van der Waals surface area contributed by atoms with Crippen LogP contribution in [0.25, 0.3) is 0 Å². The van der Waals surface area contributed by atoms with Crippen molar-refractivity contribution in [1.82, 2.24) is 9.97 Å². The number of ether oxygens (including phenoxy) is 1. The van der Waals surface area contributed by atoms with E-state index in [1.165, 1.54) is 0 Å². The molecule has 0 atom stereocenters. The maximum Gasteiger partial charge on any atom is 0.330 e. The summed E-state index contributed by atoms with van der Waals surface area (Å²) < 4.78 is 5.88. The lowest BCUT2D eigenvalue weighted by molar-refractivity contribution is 0.249. The molecule has 158 valence electrons. The van der Waals surface area contributed by atoms with Gasteiger partial charge in [-0.15, -0.1) is 0 Å². The summed E-state index contributed by atoms with van der Waals surface area (Å²) in [6, 6.07) is 13.8. The number of hydrogen-bond acceptors (Lipinski definition) is 5. The van der Waals surface area contributed by atoms with Crippen LogP contribution in [0.15, 0.2) is 48.7 Å². The van der Waals surface area contributed by atoms with Crippen molar-refractivity contribution < 1.29 is 9.53 Å². The van der Waals surface area contributed by atoms with Crippen molar-refractivity contribution in [2.45, 2.75) is 33.2 Å². The number of hydrogen-bond donors (Lipinski definition) is 1. The minimum atomic E-state index is -0.0501. The van der Waals surface area contributed by atoms with Gasteiger partial charge in [-0.25, -0.2) is 9.78 Å². The molecule has 1 N–H and O–H groups in total. The molecule has 1 aromatic heterocycles. The molecular weight excluding hydrogens is 390 g/mol. The van der Waals surface area contributed by atoms with E-state index in [2.05, 4.69) is 10.3 Å². The average Bonchev–Trinajstić information content (AvgIpc) is 2.76. The summed E-state index contributed by atoms with van der Waals surface area (Å²) in [4.78, 5) is 26.5. The minimum Gasteiger partial charge on any atom is -0.494 e. The molecule has 5 rings (SSSR count). The maximum absolute atomic E-state index is 13.6. The van der Waals surface area contributed by atoms with Crippen LogP contribution >= 0.6 is 0 Å². The molecule has 0 spiro atoms. The number of carbonyl (C=O) groups is 1. The van der Waals surface area contributed by atoms with Crippen LogP contribution in [0.3, 0.4) is 0 Å². The molecule has 0 aliphatic carbocycles. The fourth-order valence-electron chi connectivity index (χ4n) is 4.24. The topological polar surface area (TPSA) is 70.6 Å². The second kappa shape index (κ2) is 7.91. The Morgan fingerprint density at radius 2 is 1.84 bits per heavy atom. The van der Waals surface area contributed by atoms with Gasteiger partial charge >= 0.3 is 6.03 Å². The van der Waals surface area contributed by atoms with Gasteiger partial charge < -0.3 is 10.1 Å². The van der Waals surface area contributed by atoms with Gasteiger partial charge in [-0.3, -0.25) is 9.80 Å². The Morgan fingerprint density at radius 3 is 2.68 bits per heavy atom. The number of anilines is 4. The number of rotatable bonds is 1. The molecule has 2 amide bonds. The number of para-hydroxylation sites is 1. The number of urea groups is 1. The molecule has 0 saturated heterocycles. The molecule has 2 aromatic carbocycles.